The first-order valence-electron chi connectivity index (χ1n) is 8.26. The number of hydrogen-bond donors (Lipinski definition) is 1. The number of rotatable bonds is 1. The van der Waals surface area contributed by atoms with Crippen molar-refractivity contribution >= 4 is 17.3 Å². The van der Waals surface area contributed by atoms with Gasteiger partial charge in [-0.3, -0.25) is 0 Å². The van der Waals surface area contributed by atoms with Gasteiger partial charge in [-0.25, -0.2) is 0 Å². The fourth-order valence-corrected chi connectivity index (χ4v) is 4.28. The van der Waals surface area contributed by atoms with Crippen LogP contribution in [-0.2, 0) is 6.18 Å². The van der Waals surface area contributed by atoms with Crippen LogP contribution in [0.15, 0.2) is 48.6 Å². The smallest absolute Gasteiger partial charge is 0.377 e. The first-order chi connectivity index (χ1) is 11.9. The zero-order chi connectivity index (χ0) is 17.8. The summed E-state index contributed by atoms with van der Waals surface area (Å²) in [5.74, 6) is 0.176. The van der Waals surface area contributed by atoms with Crippen LogP contribution < -0.4 is 5.32 Å². The zero-order valence-electron chi connectivity index (χ0n) is 13.6. The Kier molecular flexibility index (Phi) is 3.84. The van der Waals surface area contributed by atoms with Crippen molar-refractivity contribution in [3.8, 4) is 0 Å². The molecule has 0 unspecified atom stereocenters. The van der Waals surface area contributed by atoms with Crippen molar-refractivity contribution in [2.75, 3.05) is 5.32 Å². The molecular formula is C20H17ClF3N. The molecule has 2 aromatic carbocycles. The Morgan fingerprint density at radius 1 is 1.08 bits per heavy atom. The summed E-state index contributed by atoms with van der Waals surface area (Å²) in [6.07, 6.45) is 0.569. The monoisotopic (exact) mass is 363 g/mol. The van der Waals surface area contributed by atoms with E-state index >= 15 is 0 Å². The number of allylic oxidation sites excluding steroid dienone is 2. The second-order valence-electron chi connectivity index (χ2n) is 6.70. The molecule has 4 rings (SSSR count). The van der Waals surface area contributed by atoms with Crippen molar-refractivity contribution in [3.05, 3.63) is 75.8 Å². The highest BCUT2D eigenvalue weighted by Gasteiger charge is 2.42. The summed E-state index contributed by atoms with van der Waals surface area (Å²) in [5.41, 5.74) is 2.59. The van der Waals surface area contributed by atoms with Gasteiger partial charge in [0.1, 0.15) is 0 Å². The minimum Gasteiger partial charge on any atom is -0.377 e. The van der Waals surface area contributed by atoms with Gasteiger partial charge in [0, 0.05) is 16.6 Å². The lowest BCUT2D eigenvalue weighted by Gasteiger charge is -2.39. The van der Waals surface area contributed by atoms with Crippen molar-refractivity contribution in [3.63, 3.8) is 0 Å². The Labute approximate surface area is 149 Å². The third kappa shape index (κ3) is 2.63. The number of halogens is 4. The molecular weight excluding hydrogens is 347 g/mol. The van der Waals surface area contributed by atoms with Gasteiger partial charge in [-0.15, -0.1) is 0 Å². The van der Waals surface area contributed by atoms with E-state index in [0.717, 1.165) is 29.3 Å². The van der Waals surface area contributed by atoms with E-state index in [1.54, 1.807) is 12.1 Å². The van der Waals surface area contributed by atoms with Gasteiger partial charge in [0.15, 0.2) is 0 Å². The summed E-state index contributed by atoms with van der Waals surface area (Å²) in [4.78, 5) is 0. The van der Waals surface area contributed by atoms with Crippen LogP contribution in [-0.4, -0.2) is 0 Å². The molecule has 130 valence electrons. The number of hydrogen-bond acceptors (Lipinski definition) is 1. The molecule has 0 saturated carbocycles. The lowest BCUT2D eigenvalue weighted by atomic mass is 9.75. The Balaban J connectivity index is 1.87. The molecule has 0 amide bonds. The molecule has 1 aliphatic heterocycles. The van der Waals surface area contributed by atoms with E-state index < -0.39 is 17.8 Å². The molecule has 1 heterocycles. The van der Waals surface area contributed by atoms with Crippen molar-refractivity contribution in [2.24, 2.45) is 5.92 Å². The predicted molar refractivity (Wildman–Crippen MR) is 94.0 cm³/mol. The molecule has 0 fully saturated rings. The summed E-state index contributed by atoms with van der Waals surface area (Å²) < 4.78 is 40.6. The van der Waals surface area contributed by atoms with Crippen LogP contribution in [0, 0.1) is 12.8 Å². The highest BCUT2D eigenvalue weighted by Crippen LogP contribution is 2.52. The van der Waals surface area contributed by atoms with Crippen molar-refractivity contribution < 1.29 is 13.2 Å². The van der Waals surface area contributed by atoms with Crippen LogP contribution in [0.2, 0.25) is 5.02 Å². The van der Waals surface area contributed by atoms with Crippen LogP contribution in [0.3, 0.4) is 0 Å². The normalized spacial score (nSPS) is 24.6. The third-order valence-corrected chi connectivity index (χ3v) is 5.74. The van der Waals surface area contributed by atoms with Gasteiger partial charge >= 0.3 is 6.18 Å². The summed E-state index contributed by atoms with van der Waals surface area (Å²) in [7, 11) is 0. The largest absolute Gasteiger partial charge is 0.416 e. The standard InChI is InChI=1S/C20H17ClF3N/c1-11-17(21)10-9-14-12-6-4-7-13(12)19(25-18(11)14)15-5-2-3-8-16(15)20(22,23)24/h2-6,8-10,12-13,19,25H,7H2,1H3/t12-,13-,19+/m1/s1. The topological polar surface area (TPSA) is 12.0 Å². The van der Waals surface area contributed by atoms with Gasteiger partial charge in [-0.2, -0.15) is 13.2 Å². The van der Waals surface area contributed by atoms with Gasteiger partial charge in [0.25, 0.3) is 0 Å². The minimum atomic E-state index is -4.37. The molecule has 2 aromatic rings. The minimum absolute atomic E-state index is 0.0663. The van der Waals surface area contributed by atoms with E-state index in [1.807, 2.05) is 19.1 Å². The van der Waals surface area contributed by atoms with E-state index in [-0.39, 0.29) is 11.8 Å². The average Bonchev–Trinajstić information content (AvgIpc) is 3.06. The van der Waals surface area contributed by atoms with Crippen LogP contribution in [0.4, 0.5) is 18.9 Å². The van der Waals surface area contributed by atoms with Crippen molar-refractivity contribution in [1.29, 1.82) is 0 Å². The summed E-state index contributed by atoms with van der Waals surface area (Å²) in [6, 6.07) is 9.30. The zero-order valence-corrected chi connectivity index (χ0v) is 14.3. The van der Waals surface area contributed by atoms with Gasteiger partial charge < -0.3 is 5.32 Å². The second kappa shape index (κ2) is 5.80. The molecule has 0 spiro atoms. The number of fused-ring (bicyclic) bond motifs is 3. The Bertz CT molecular complexity index is 857. The molecule has 2 aliphatic rings. The molecule has 5 heteroatoms. The molecule has 3 atom stereocenters. The molecule has 1 aliphatic carbocycles. The lowest BCUT2D eigenvalue weighted by Crippen LogP contribution is -2.31. The summed E-state index contributed by atoms with van der Waals surface area (Å²) in [5, 5.41) is 4.00. The fraction of sp³-hybridized carbons (Fsp3) is 0.300. The van der Waals surface area contributed by atoms with Crippen molar-refractivity contribution in [1.82, 2.24) is 0 Å². The van der Waals surface area contributed by atoms with Crippen LogP contribution >= 0.6 is 11.6 Å². The molecule has 0 radical (unpaired) electrons. The van der Waals surface area contributed by atoms with Crippen LogP contribution in [0.5, 0.6) is 0 Å². The molecule has 0 aromatic heterocycles. The van der Waals surface area contributed by atoms with E-state index in [0.29, 0.717) is 10.6 Å². The van der Waals surface area contributed by atoms with Crippen LogP contribution in [0.1, 0.15) is 40.6 Å². The fourth-order valence-electron chi connectivity index (χ4n) is 4.12. The predicted octanol–water partition coefficient (Wildman–Crippen LogP) is 6.49. The van der Waals surface area contributed by atoms with Gasteiger partial charge in [-0.05, 0) is 48.1 Å². The first kappa shape index (κ1) is 16.5. The van der Waals surface area contributed by atoms with E-state index in [4.69, 9.17) is 11.6 Å². The molecule has 1 nitrogen and oxygen atoms in total. The lowest BCUT2D eigenvalue weighted by molar-refractivity contribution is -0.138. The highest BCUT2D eigenvalue weighted by atomic mass is 35.5. The number of anilines is 1. The molecule has 0 saturated heterocycles. The molecule has 25 heavy (non-hydrogen) atoms. The number of nitrogens with one attached hydrogen (secondary N) is 1. The molecule has 0 bridgehead atoms. The number of alkyl halides is 3. The first-order valence-corrected chi connectivity index (χ1v) is 8.64. The third-order valence-electron chi connectivity index (χ3n) is 5.33. The maximum absolute atomic E-state index is 13.5. The van der Waals surface area contributed by atoms with E-state index in [9.17, 15) is 13.2 Å². The van der Waals surface area contributed by atoms with Crippen LogP contribution in [0.25, 0.3) is 0 Å². The SMILES string of the molecule is Cc1c(Cl)ccc2c1N[C@H](c1ccccc1C(F)(F)F)[C@@H]1CC=C[C@@H]21. The average molecular weight is 364 g/mol. The maximum atomic E-state index is 13.5. The maximum Gasteiger partial charge on any atom is 0.416 e. The molecule has 1 N–H and O–H groups in total. The second-order valence-corrected chi connectivity index (χ2v) is 7.10. The van der Waals surface area contributed by atoms with E-state index in [1.165, 1.54) is 6.07 Å². The Morgan fingerprint density at radius 2 is 1.84 bits per heavy atom. The number of benzene rings is 2. The Morgan fingerprint density at radius 3 is 2.60 bits per heavy atom. The highest BCUT2D eigenvalue weighted by molar-refractivity contribution is 6.31. The summed E-state index contributed by atoms with van der Waals surface area (Å²) in [6.45, 7) is 1.90. The van der Waals surface area contributed by atoms with Gasteiger partial charge in [-0.1, -0.05) is 48.0 Å². The van der Waals surface area contributed by atoms with Gasteiger partial charge in [0.2, 0.25) is 0 Å². The Hall–Kier alpha value is -1.94. The quantitative estimate of drug-likeness (QED) is 0.571. The van der Waals surface area contributed by atoms with Crippen molar-refractivity contribution in [2.45, 2.75) is 31.5 Å². The van der Waals surface area contributed by atoms with E-state index in [2.05, 4.69) is 17.5 Å². The summed E-state index contributed by atoms with van der Waals surface area (Å²) >= 11 is 6.25. The van der Waals surface area contributed by atoms with Gasteiger partial charge in [0.05, 0.1) is 11.6 Å².